The predicted octanol–water partition coefficient (Wildman–Crippen LogP) is 2.00. The van der Waals surface area contributed by atoms with Crippen molar-refractivity contribution in [3.8, 4) is 0 Å². The Morgan fingerprint density at radius 2 is 1.78 bits per heavy atom. The van der Waals surface area contributed by atoms with Crippen molar-refractivity contribution in [3.05, 3.63) is 11.9 Å². The molecule has 4 N–H and O–H groups in total. The molecule has 0 radical (unpaired) electrons. The van der Waals surface area contributed by atoms with Crippen molar-refractivity contribution in [2.24, 2.45) is 11.7 Å². The fraction of sp³-hybridized carbons (Fsp3) is 0.692. The fourth-order valence-electron chi connectivity index (χ4n) is 1.56. The molecule has 0 amide bonds. The molecule has 5 heteroatoms. The summed E-state index contributed by atoms with van der Waals surface area (Å²) < 4.78 is 0. The molecule has 5 nitrogen and oxygen atoms in total. The molecule has 0 saturated heterocycles. The van der Waals surface area contributed by atoms with Gasteiger partial charge < -0.3 is 16.4 Å². The molecule has 1 aromatic rings. The Hall–Kier alpha value is -1.36. The van der Waals surface area contributed by atoms with Gasteiger partial charge in [0, 0.05) is 19.2 Å². The summed E-state index contributed by atoms with van der Waals surface area (Å²) >= 11 is 0. The zero-order valence-corrected chi connectivity index (χ0v) is 11.7. The third-order valence-electron chi connectivity index (χ3n) is 2.55. The molecule has 0 saturated carbocycles. The second-order valence-corrected chi connectivity index (χ2v) is 4.86. The smallest absolute Gasteiger partial charge is 0.131 e. The van der Waals surface area contributed by atoms with E-state index in [9.17, 15) is 0 Å². The standard InChI is InChI=1S/C13H25N5/c1-10(2)5-8-16-13-9-12(15-7-4-6-14)17-11(3)18-13/h9-10H,4-8,14H2,1-3H3,(H2,15,16,17,18). The van der Waals surface area contributed by atoms with Gasteiger partial charge in [0.05, 0.1) is 0 Å². The van der Waals surface area contributed by atoms with E-state index in [-0.39, 0.29) is 0 Å². The number of rotatable bonds is 8. The van der Waals surface area contributed by atoms with Gasteiger partial charge in [-0.05, 0) is 32.2 Å². The molecule has 0 fully saturated rings. The van der Waals surface area contributed by atoms with Gasteiger partial charge >= 0.3 is 0 Å². The van der Waals surface area contributed by atoms with Gasteiger partial charge in [-0.1, -0.05) is 13.8 Å². The van der Waals surface area contributed by atoms with Crippen molar-refractivity contribution in [3.63, 3.8) is 0 Å². The quantitative estimate of drug-likeness (QED) is 0.616. The van der Waals surface area contributed by atoms with Gasteiger partial charge in [-0.25, -0.2) is 9.97 Å². The Balaban J connectivity index is 2.51. The Kier molecular flexibility index (Phi) is 6.43. The van der Waals surface area contributed by atoms with Crippen LogP contribution >= 0.6 is 0 Å². The van der Waals surface area contributed by atoms with Crippen molar-refractivity contribution in [1.82, 2.24) is 9.97 Å². The first-order chi connectivity index (χ1) is 8.61. The van der Waals surface area contributed by atoms with E-state index in [0.717, 1.165) is 43.4 Å². The fourth-order valence-corrected chi connectivity index (χ4v) is 1.56. The number of hydrogen-bond acceptors (Lipinski definition) is 5. The van der Waals surface area contributed by atoms with Crippen LogP contribution in [0.3, 0.4) is 0 Å². The average Bonchev–Trinajstić information content (AvgIpc) is 2.28. The van der Waals surface area contributed by atoms with E-state index in [1.54, 1.807) is 0 Å². The first kappa shape index (κ1) is 14.7. The molecule has 1 heterocycles. The molecule has 0 aliphatic carbocycles. The molecule has 0 atom stereocenters. The van der Waals surface area contributed by atoms with Crippen LogP contribution in [0, 0.1) is 12.8 Å². The summed E-state index contributed by atoms with van der Waals surface area (Å²) in [5.74, 6) is 3.23. The molecule has 0 aromatic carbocycles. The molecule has 0 aliphatic rings. The lowest BCUT2D eigenvalue weighted by Crippen LogP contribution is -2.11. The van der Waals surface area contributed by atoms with Crippen LogP contribution in [0.1, 0.15) is 32.5 Å². The summed E-state index contributed by atoms with van der Waals surface area (Å²) in [4.78, 5) is 8.72. The highest BCUT2D eigenvalue weighted by molar-refractivity contribution is 5.47. The first-order valence-electron chi connectivity index (χ1n) is 6.65. The molecular weight excluding hydrogens is 226 g/mol. The number of nitrogens with zero attached hydrogens (tertiary/aromatic N) is 2. The maximum absolute atomic E-state index is 5.46. The summed E-state index contributed by atoms with van der Waals surface area (Å²) in [5.41, 5.74) is 5.46. The average molecular weight is 251 g/mol. The number of aromatic nitrogens is 2. The Labute approximate surface area is 110 Å². The van der Waals surface area contributed by atoms with Crippen molar-refractivity contribution in [2.45, 2.75) is 33.6 Å². The first-order valence-corrected chi connectivity index (χ1v) is 6.65. The van der Waals surface area contributed by atoms with E-state index in [1.165, 1.54) is 0 Å². The lowest BCUT2D eigenvalue weighted by atomic mass is 10.1. The Morgan fingerprint density at radius 1 is 1.17 bits per heavy atom. The van der Waals surface area contributed by atoms with E-state index < -0.39 is 0 Å². The second-order valence-electron chi connectivity index (χ2n) is 4.86. The van der Waals surface area contributed by atoms with Gasteiger partial charge in [-0.3, -0.25) is 0 Å². The van der Waals surface area contributed by atoms with Gasteiger partial charge in [0.25, 0.3) is 0 Å². The number of nitrogens with one attached hydrogen (secondary N) is 2. The predicted molar refractivity (Wildman–Crippen MR) is 76.9 cm³/mol. The van der Waals surface area contributed by atoms with E-state index >= 15 is 0 Å². The molecule has 1 aromatic heterocycles. The number of nitrogens with two attached hydrogens (primary N) is 1. The van der Waals surface area contributed by atoms with Gasteiger partial charge in [0.1, 0.15) is 17.5 Å². The van der Waals surface area contributed by atoms with E-state index in [2.05, 4.69) is 34.4 Å². The SMILES string of the molecule is Cc1nc(NCCCN)cc(NCCC(C)C)n1. The van der Waals surface area contributed by atoms with Crippen LogP contribution in [-0.2, 0) is 0 Å². The molecule has 0 aliphatic heterocycles. The van der Waals surface area contributed by atoms with Crippen LogP contribution in [-0.4, -0.2) is 29.6 Å². The summed E-state index contributed by atoms with van der Waals surface area (Å²) in [6.45, 7) is 8.81. The van der Waals surface area contributed by atoms with Crippen molar-refractivity contribution < 1.29 is 0 Å². The molecule has 0 spiro atoms. The van der Waals surface area contributed by atoms with Crippen molar-refractivity contribution in [2.75, 3.05) is 30.3 Å². The van der Waals surface area contributed by atoms with E-state index in [0.29, 0.717) is 12.5 Å². The van der Waals surface area contributed by atoms with Gasteiger partial charge in [-0.2, -0.15) is 0 Å². The third kappa shape index (κ3) is 5.82. The van der Waals surface area contributed by atoms with Crippen LogP contribution in [0.15, 0.2) is 6.07 Å². The number of anilines is 2. The van der Waals surface area contributed by atoms with Crippen LogP contribution in [0.4, 0.5) is 11.6 Å². The zero-order valence-electron chi connectivity index (χ0n) is 11.7. The van der Waals surface area contributed by atoms with Crippen LogP contribution in [0.25, 0.3) is 0 Å². The Morgan fingerprint density at radius 3 is 2.33 bits per heavy atom. The van der Waals surface area contributed by atoms with Gasteiger partial charge in [0.2, 0.25) is 0 Å². The minimum atomic E-state index is 0.691. The van der Waals surface area contributed by atoms with Gasteiger partial charge in [0.15, 0.2) is 0 Å². The summed E-state index contributed by atoms with van der Waals surface area (Å²) in [5, 5.41) is 6.59. The molecule has 0 bridgehead atoms. The maximum atomic E-state index is 5.46. The monoisotopic (exact) mass is 251 g/mol. The maximum Gasteiger partial charge on any atom is 0.131 e. The molecule has 0 unspecified atom stereocenters. The molecule has 18 heavy (non-hydrogen) atoms. The highest BCUT2D eigenvalue weighted by Gasteiger charge is 2.01. The van der Waals surface area contributed by atoms with Crippen molar-refractivity contribution in [1.29, 1.82) is 0 Å². The lowest BCUT2D eigenvalue weighted by Gasteiger charge is -2.10. The molecule has 102 valence electrons. The second kappa shape index (κ2) is 7.87. The van der Waals surface area contributed by atoms with Crippen LogP contribution in [0.5, 0.6) is 0 Å². The Bertz CT molecular complexity index is 351. The third-order valence-corrected chi connectivity index (χ3v) is 2.55. The number of aryl methyl sites for hydroxylation is 1. The number of hydrogen-bond donors (Lipinski definition) is 3. The highest BCUT2D eigenvalue weighted by Crippen LogP contribution is 2.11. The molecular formula is C13H25N5. The largest absolute Gasteiger partial charge is 0.370 e. The van der Waals surface area contributed by atoms with Crippen LogP contribution < -0.4 is 16.4 Å². The minimum absolute atomic E-state index is 0.691. The van der Waals surface area contributed by atoms with Gasteiger partial charge in [-0.15, -0.1) is 0 Å². The van der Waals surface area contributed by atoms with E-state index in [4.69, 9.17) is 5.73 Å². The van der Waals surface area contributed by atoms with Crippen molar-refractivity contribution >= 4 is 11.6 Å². The van der Waals surface area contributed by atoms with Crippen LogP contribution in [0.2, 0.25) is 0 Å². The topological polar surface area (TPSA) is 75.9 Å². The summed E-state index contributed by atoms with van der Waals surface area (Å²) in [6.07, 6.45) is 2.08. The zero-order chi connectivity index (χ0) is 13.4. The highest BCUT2D eigenvalue weighted by atomic mass is 15.1. The normalized spacial score (nSPS) is 10.7. The lowest BCUT2D eigenvalue weighted by molar-refractivity contribution is 0.606. The van der Waals surface area contributed by atoms with E-state index in [1.807, 2.05) is 13.0 Å². The summed E-state index contributed by atoms with van der Waals surface area (Å²) in [7, 11) is 0. The summed E-state index contributed by atoms with van der Waals surface area (Å²) in [6, 6.07) is 1.95. The minimum Gasteiger partial charge on any atom is -0.370 e. The molecule has 1 rings (SSSR count).